The Kier molecular flexibility index (Phi) is 6.62. The van der Waals surface area contributed by atoms with Crippen LogP contribution in [0.5, 0.6) is 0 Å². The number of benzene rings is 1. The Morgan fingerprint density at radius 1 is 1.20 bits per heavy atom. The Morgan fingerprint density at radius 3 is 2.73 bits per heavy atom. The second-order valence-electron chi connectivity index (χ2n) is 6.43. The van der Waals surface area contributed by atoms with Gasteiger partial charge in [-0.05, 0) is 19.1 Å². The molecular formula is C19H20N6O4S. The van der Waals surface area contributed by atoms with E-state index in [1.807, 2.05) is 0 Å². The van der Waals surface area contributed by atoms with Crippen LogP contribution in [0.1, 0.15) is 17.3 Å². The highest BCUT2D eigenvalue weighted by Gasteiger charge is 2.22. The molecule has 0 spiro atoms. The van der Waals surface area contributed by atoms with Gasteiger partial charge in [0, 0.05) is 19.0 Å². The third-order valence-electron chi connectivity index (χ3n) is 4.07. The number of H-pyrrole nitrogens is 1. The highest BCUT2D eigenvalue weighted by Crippen LogP contribution is 2.24. The minimum atomic E-state index is -1.08. The Morgan fingerprint density at radius 2 is 1.97 bits per heavy atom. The number of fused-ring (bicyclic) bond motifs is 1. The molecule has 2 heterocycles. The van der Waals surface area contributed by atoms with Gasteiger partial charge in [-0.2, -0.15) is 0 Å². The summed E-state index contributed by atoms with van der Waals surface area (Å²) in [6.45, 7) is 1.46. The van der Waals surface area contributed by atoms with E-state index in [1.165, 1.54) is 36.2 Å². The third-order valence-corrected chi connectivity index (χ3v) is 5.13. The Hall–Kier alpha value is -3.47. The number of nitrogens with one attached hydrogen (secondary N) is 2. The number of thioether (sulfide) groups is 1. The van der Waals surface area contributed by atoms with Gasteiger partial charge in [0.25, 0.3) is 5.91 Å². The summed E-state index contributed by atoms with van der Waals surface area (Å²) in [5.41, 5.74) is 1.16. The van der Waals surface area contributed by atoms with E-state index in [9.17, 15) is 14.4 Å². The van der Waals surface area contributed by atoms with Crippen molar-refractivity contribution in [2.75, 3.05) is 25.2 Å². The van der Waals surface area contributed by atoms with Crippen LogP contribution in [0.2, 0.25) is 0 Å². The number of rotatable bonds is 7. The second-order valence-corrected chi connectivity index (χ2v) is 7.45. The lowest BCUT2D eigenvalue weighted by Crippen LogP contribution is -2.30. The Bertz CT molecular complexity index is 1080. The van der Waals surface area contributed by atoms with Crippen molar-refractivity contribution in [1.29, 1.82) is 0 Å². The molecule has 1 atom stereocenters. The summed E-state index contributed by atoms with van der Waals surface area (Å²) in [6.07, 6.45) is 1.64. The molecule has 1 aromatic carbocycles. The van der Waals surface area contributed by atoms with Crippen LogP contribution < -0.4 is 5.32 Å². The lowest BCUT2D eigenvalue weighted by Gasteiger charge is -2.15. The van der Waals surface area contributed by atoms with Crippen molar-refractivity contribution in [3.8, 4) is 0 Å². The largest absolute Gasteiger partial charge is 0.449 e. The average Bonchev–Trinajstić information content (AvgIpc) is 3.21. The van der Waals surface area contributed by atoms with Gasteiger partial charge in [-0.25, -0.2) is 19.7 Å². The Balaban J connectivity index is 1.66. The number of aromatic amines is 1. The van der Waals surface area contributed by atoms with Crippen LogP contribution in [0.25, 0.3) is 11.2 Å². The maximum Gasteiger partial charge on any atom is 0.340 e. The maximum absolute atomic E-state index is 12.6. The number of nitrogens with zero attached hydrogens (tertiary/aromatic N) is 4. The first-order valence-corrected chi connectivity index (χ1v) is 9.93. The molecule has 2 amide bonds. The second kappa shape index (κ2) is 9.35. The molecule has 11 heteroatoms. The number of ether oxygens (including phenoxy) is 1. The fraction of sp³-hybridized carbons (Fsp3) is 0.263. The van der Waals surface area contributed by atoms with Crippen LogP contribution in [0, 0.1) is 0 Å². The molecule has 0 aliphatic carbocycles. The molecule has 0 bridgehead atoms. The molecule has 1 unspecified atom stereocenters. The summed E-state index contributed by atoms with van der Waals surface area (Å²) in [4.78, 5) is 53.8. The van der Waals surface area contributed by atoms with Crippen LogP contribution >= 0.6 is 11.8 Å². The predicted octanol–water partition coefficient (Wildman–Crippen LogP) is 1.72. The lowest BCUT2D eigenvalue weighted by atomic mass is 10.2. The first kappa shape index (κ1) is 21.2. The zero-order valence-corrected chi connectivity index (χ0v) is 17.4. The monoisotopic (exact) mass is 428 g/mol. The summed E-state index contributed by atoms with van der Waals surface area (Å²) in [6, 6.07) is 6.77. The predicted molar refractivity (Wildman–Crippen MR) is 111 cm³/mol. The number of hydrogen-bond acceptors (Lipinski definition) is 8. The fourth-order valence-electron chi connectivity index (χ4n) is 2.39. The molecule has 10 nitrogen and oxygen atoms in total. The molecule has 0 aliphatic rings. The van der Waals surface area contributed by atoms with Gasteiger partial charge in [0.1, 0.15) is 11.8 Å². The van der Waals surface area contributed by atoms with Crippen molar-refractivity contribution in [2.24, 2.45) is 0 Å². The number of anilines is 1. The van der Waals surface area contributed by atoms with Gasteiger partial charge in [0.05, 0.1) is 17.6 Å². The lowest BCUT2D eigenvalue weighted by molar-refractivity contribution is -0.126. The van der Waals surface area contributed by atoms with E-state index in [1.54, 1.807) is 38.4 Å². The quantitative estimate of drug-likeness (QED) is 0.430. The highest BCUT2D eigenvalue weighted by molar-refractivity contribution is 8.00. The van der Waals surface area contributed by atoms with Crippen LogP contribution in [-0.2, 0) is 14.3 Å². The van der Waals surface area contributed by atoms with Crippen LogP contribution in [-0.4, -0.2) is 68.6 Å². The topological polar surface area (TPSA) is 130 Å². The third kappa shape index (κ3) is 4.92. The molecule has 0 aliphatic heterocycles. The number of carbonyl (C=O) groups is 3. The number of esters is 1. The van der Waals surface area contributed by atoms with E-state index in [0.717, 1.165) is 0 Å². The summed E-state index contributed by atoms with van der Waals surface area (Å²) in [7, 11) is 3.33. The van der Waals surface area contributed by atoms with Gasteiger partial charge in [0.2, 0.25) is 5.91 Å². The van der Waals surface area contributed by atoms with Gasteiger partial charge in [-0.15, -0.1) is 11.8 Å². The highest BCUT2D eigenvalue weighted by atomic mass is 32.2. The smallest absolute Gasteiger partial charge is 0.340 e. The number of amides is 2. The van der Waals surface area contributed by atoms with Crippen molar-refractivity contribution >= 4 is 46.5 Å². The van der Waals surface area contributed by atoms with Gasteiger partial charge < -0.3 is 19.9 Å². The molecule has 0 saturated heterocycles. The van der Waals surface area contributed by atoms with Crippen molar-refractivity contribution in [1.82, 2.24) is 24.8 Å². The van der Waals surface area contributed by atoms with E-state index in [-0.39, 0.29) is 23.0 Å². The first-order chi connectivity index (χ1) is 14.4. The summed E-state index contributed by atoms with van der Waals surface area (Å²) < 4.78 is 5.33. The minimum absolute atomic E-state index is 0.0779. The number of imidazole rings is 1. The van der Waals surface area contributed by atoms with E-state index < -0.39 is 18.0 Å². The zero-order valence-electron chi connectivity index (χ0n) is 16.6. The van der Waals surface area contributed by atoms with Crippen molar-refractivity contribution < 1.29 is 19.1 Å². The van der Waals surface area contributed by atoms with Gasteiger partial charge in [0.15, 0.2) is 17.6 Å². The molecule has 3 rings (SSSR count). The molecule has 2 aromatic heterocycles. The fourth-order valence-corrected chi connectivity index (χ4v) is 3.40. The van der Waals surface area contributed by atoms with Crippen molar-refractivity contribution in [2.45, 2.75) is 17.9 Å². The van der Waals surface area contributed by atoms with Crippen LogP contribution in [0.15, 0.2) is 41.8 Å². The van der Waals surface area contributed by atoms with E-state index >= 15 is 0 Å². The molecular weight excluding hydrogens is 408 g/mol. The summed E-state index contributed by atoms with van der Waals surface area (Å²) in [5.74, 6) is -0.867. The number of hydrogen-bond donors (Lipinski definition) is 2. The molecule has 0 fully saturated rings. The number of aromatic nitrogens is 4. The van der Waals surface area contributed by atoms with Crippen LogP contribution in [0.4, 0.5) is 5.82 Å². The molecule has 2 N–H and O–H groups in total. The van der Waals surface area contributed by atoms with Gasteiger partial charge in [-0.3, -0.25) is 9.59 Å². The van der Waals surface area contributed by atoms with Crippen LogP contribution in [0.3, 0.4) is 0 Å². The Labute approximate surface area is 176 Å². The van der Waals surface area contributed by atoms with Gasteiger partial charge >= 0.3 is 5.97 Å². The number of carbonyl (C=O) groups excluding carboxylic acids is 3. The van der Waals surface area contributed by atoms with Gasteiger partial charge in [-0.1, -0.05) is 12.1 Å². The minimum Gasteiger partial charge on any atom is -0.449 e. The first-order valence-electron chi connectivity index (χ1n) is 8.94. The molecule has 0 saturated carbocycles. The summed E-state index contributed by atoms with van der Waals surface area (Å²) >= 11 is 1.23. The maximum atomic E-state index is 12.6. The normalized spacial score (nSPS) is 11.7. The molecule has 30 heavy (non-hydrogen) atoms. The van der Waals surface area contributed by atoms with E-state index in [4.69, 9.17) is 4.74 Å². The molecule has 0 radical (unpaired) electrons. The van der Waals surface area contributed by atoms with Crippen molar-refractivity contribution in [3.05, 3.63) is 42.5 Å². The SMILES string of the molecule is CC(OC(=O)c1ccccc1SCC(=O)N(C)C)C(=O)Nc1ncnc2nc[nH]c12. The molecule has 3 aromatic rings. The zero-order chi connectivity index (χ0) is 21.7. The average molecular weight is 428 g/mol. The van der Waals surface area contributed by atoms with E-state index in [2.05, 4.69) is 25.3 Å². The molecule has 156 valence electrons. The standard InChI is InChI=1S/C19H20N6O4S/c1-11(18(27)24-17-15-16(21-9-20-15)22-10-23-17)29-19(28)12-6-4-5-7-13(12)30-8-14(26)25(2)3/h4-7,9-11H,8H2,1-3H3,(H2,20,21,22,23,24,27). The van der Waals surface area contributed by atoms with Crippen molar-refractivity contribution in [3.63, 3.8) is 0 Å². The summed E-state index contributed by atoms with van der Waals surface area (Å²) in [5, 5.41) is 2.60. The van der Waals surface area contributed by atoms with E-state index in [0.29, 0.717) is 16.1 Å².